The van der Waals surface area contributed by atoms with Gasteiger partial charge in [0.2, 0.25) is 0 Å². The average Bonchev–Trinajstić information content (AvgIpc) is 2.76. The Labute approximate surface area is 127 Å². The van der Waals surface area contributed by atoms with Crippen LogP contribution < -0.4 is 5.32 Å². The molecule has 2 aromatic heterocycles. The molecule has 0 aliphatic heterocycles. The van der Waals surface area contributed by atoms with Crippen LogP contribution in [0.25, 0.3) is 0 Å². The van der Waals surface area contributed by atoms with Gasteiger partial charge in [-0.3, -0.25) is 0 Å². The van der Waals surface area contributed by atoms with Gasteiger partial charge in [0.25, 0.3) is 0 Å². The molecule has 2 aromatic rings. The van der Waals surface area contributed by atoms with Crippen LogP contribution in [0.2, 0.25) is 0 Å². The molecular formula is C14H19N3OS2. The van der Waals surface area contributed by atoms with Gasteiger partial charge in [0.1, 0.15) is 5.82 Å². The summed E-state index contributed by atoms with van der Waals surface area (Å²) in [6.07, 6.45) is 1.82. The maximum absolute atomic E-state index is 8.79. The molecule has 0 aliphatic rings. The lowest BCUT2D eigenvalue weighted by Crippen LogP contribution is -2.01. The van der Waals surface area contributed by atoms with E-state index in [1.54, 1.807) is 23.1 Å². The van der Waals surface area contributed by atoms with Crippen LogP contribution in [0.4, 0.5) is 5.82 Å². The van der Waals surface area contributed by atoms with Crippen molar-refractivity contribution in [2.24, 2.45) is 0 Å². The van der Waals surface area contributed by atoms with Crippen LogP contribution in [-0.2, 0) is 12.3 Å². The van der Waals surface area contributed by atoms with E-state index in [4.69, 9.17) is 5.11 Å². The molecule has 0 spiro atoms. The zero-order valence-corrected chi connectivity index (χ0v) is 13.4. The molecule has 0 unspecified atom stereocenters. The summed E-state index contributed by atoms with van der Waals surface area (Å²) >= 11 is 3.44. The predicted molar refractivity (Wildman–Crippen MR) is 86.4 cm³/mol. The first kappa shape index (κ1) is 15.3. The number of hydrogen-bond acceptors (Lipinski definition) is 6. The van der Waals surface area contributed by atoms with Crippen molar-refractivity contribution >= 4 is 28.9 Å². The van der Waals surface area contributed by atoms with Gasteiger partial charge in [-0.15, -0.1) is 11.3 Å². The van der Waals surface area contributed by atoms with Gasteiger partial charge in [0, 0.05) is 22.6 Å². The number of aryl methyl sites for hydroxylation is 2. The summed E-state index contributed by atoms with van der Waals surface area (Å²) in [5, 5.41) is 13.2. The van der Waals surface area contributed by atoms with Crippen LogP contribution in [-0.4, -0.2) is 27.4 Å². The molecule has 0 bridgehead atoms. The van der Waals surface area contributed by atoms with Crippen molar-refractivity contribution in [3.05, 3.63) is 39.5 Å². The van der Waals surface area contributed by atoms with E-state index < -0.39 is 0 Å². The van der Waals surface area contributed by atoms with E-state index in [-0.39, 0.29) is 6.61 Å². The van der Waals surface area contributed by atoms with Crippen molar-refractivity contribution in [3.8, 4) is 0 Å². The van der Waals surface area contributed by atoms with Gasteiger partial charge in [-0.2, -0.15) is 11.8 Å². The lowest BCUT2D eigenvalue weighted by Gasteiger charge is -2.06. The number of anilines is 1. The Balaban J connectivity index is 1.92. The molecule has 2 rings (SSSR count). The maximum atomic E-state index is 8.79. The van der Waals surface area contributed by atoms with Gasteiger partial charge >= 0.3 is 0 Å². The smallest absolute Gasteiger partial charge is 0.126 e. The average molecular weight is 309 g/mol. The fraction of sp³-hybridized carbons (Fsp3) is 0.429. The molecule has 0 aliphatic carbocycles. The maximum Gasteiger partial charge on any atom is 0.126 e. The molecule has 0 saturated heterocycles. The minimum absolute atomic E-state index is 0.227. The summed E-state index contributed by atoms with van der Waals surface area (Å²) in [5.41, 5.74) is 2.31. The Morgan fingerprint density at radius 2 is 2.25 bits per heavy atom. The number of nitrogens with zero attached hydrogens (tertiary/aromatic N) is 2. The Hall–Kier alpha value is -1.11. The van der Waals surface area contributed by atoms with Gasteiger partial charge in [-0.1, -0.05) is 0 Å². The molecule has 2 N–H and O–H groups in total. The first-order chi connectivity index (χ1) is 9.69. The number of aromatic nitrogens is 2. The Bertz CT molecular complexity index is 557. The number of hydrogen-bond donors (Lipinski definition) is 2. The standard InChI is InChI=1S/C14H19N3OS2/c1-10-13(20-11(2)17-10)8-16-14-7-12(3-4-15-14)9-19-6-5-18/h3-4,7,18H,5-6,8-9H2,1-2H3,(H,15,16). The number of thiazole rings is 1. The topological polar surface area (TPSA) is 58.0 Å². The summed E-state index contributed by atoms with van der Waals surface area (Å²) in [7, 11) is 0. The van der Waals surface area contributed by atoms with Crippen LogP contribution >= 0.6 is 23.1 Å². The lowest BCUT2D eigenvalue weighted by atomic mass is 10.3. The van der Waals surface area contributed by atoms with Crippen molar-refractivity contribution in [3.63, 3.8) is 0 Å². The Morgan fingerprint density at radius 1 is 1.40 bits per heavy atom. The largest absolute Gasteiger partial charge is 0.396 e. The first-order valence-electron chi connectivity index (χ1n) is 6.49. The first-order valence-corrected chi connectivity index (χ1v) is 8.46. The SMILES string of the molecule is Cc1nc(C)c(CNc2cc(CSCCO)ccn2)s1. The van der Waals surface area contributed by atoms with Gasteiger partial charge in [-0.05, 0) is 31.5 Å². The zero-order valence-electron chi connectivity index (χ0n) is 11.7. The summed E-state index contributed by atoms with van der Waals surface area (Å²) in [5.74, 6) is 2.55. The minimum atomic E-state index is 0.227. The normalized spacial score (nSPS) is 10.8. The van der Waals surface area contributed by atoms with E-state index in [2.05, 4.69) is 21.4 Å². The van der Waals surface area contributed by atoms with Gasteiger partial charge < -0.3 is 10.4 Å². The zero-order chi connectivity index (χ0) is 14.4. The van der Waals surface area contributed by atoms with Crippen LogP contribution in [0.5, 0.6) is 0 Å². The second-order valence-corrected chi connectivity index (χ2v) is 6.81. The van der Waals surface area contributed by atoms with Crippen molar-refractivity contribution in [1.82, 2.24) is 9.97 Å². The number of aliphatic hydroxyl groups excluding tert-OH is 1. The van der Waals surface area contributed by atoms with Gasteiger partial charge in [0.15, 0.2) is 0 Å². The van der Waals surface area contributed by atoms with E-state index in [0.717, 1.165) is 34.6 Å². The highest BCUT2D eigenvalue weighted by atomic mass is 32.2. The van der Waals surface area contributed by atoms with E-state index in [1.165, 1.54) is 10.4 Å². The molecule has 4 nitrogen and oxygen atoms in total. The molecule has 0 saturated carbocycles. The lowest BCUT2D eigenvalue weighted by molar-refractivity contribution is 0.322. The molecule has 6 heteroatoms. The van der Waals surface area contributed by atoms with Crippen molar-refractivity contribution < 1.29 is 5.11 Å². The second kappa shape index (κ2) is 7.61. The quantitative estimate of drug-likeness (QED) is 0.770. The fourth-order valence-electron chi connectivity index (χ4n) is 1.82. The van der Waals surface area contributed by atoms with Crippen LogP contribution in [0.1, 0.15) is 21.1 Å². The van der Waals surface area contributed by atoms with Crippen molar-refractivity contribution in [2.75, 3.05) is 17.7 Å². The van der Waals surface area contributed by atoms with Crippen molar-refractivity contribution in [1.29, 1.82) is 0 Å². The van der Waals surface area contributed by atoms with E-state index in [9.17, 15) is 0 Å². The fourth-order valence-corrected chi connectivity index (χ4v) is 3.39. The van der Waals surface area contributed by atoms with Crippen LogP contribution in [0, 0.1) is 13.8 Å². The second-order valence-electron chi connectivity index (χ2n) is 4.42. The van der Waals surface area contributed by atoms with Gasteiger partial charge in [0.05, 0.1) is 23.9 Å². The third-order valence-electron chi connectivity index (χ3n) is 2.76. The van der Waals surface area contributed by atoms with Crippen LogP contribution in [0.15, 0.2) is 18.3 Å². The Kier molecular flexibility index (Phi) is 5.82. The molecular weight excluding hydrogens is 290 g/mol. The molecule has 0 aromatic carbocycles. The van der Waals surface area contributed by atoms with E-state index in [0.29, 0.717) is 0 Å². The number of rotatable bonds is 7. The third kappa shape index (κ3) is 4.47. The minimum Gasteiger partial charge on any atom is -0.396 e. The highest BCUT2D eigenvalue weighted by Crippen LogP contribution is 2.19. The summed E-state index contributed by atoms with van der Waals surface area (Å²) in [6, 6.07) is 4.07. The highest BCUT2D eigenvalue weighted by molar-refractivity contribution is 7.98. The monoisotopic (exact) mass is 309 g/mol. The predicted octanol–water partition coefficient (Wildman–Crippen LogP) is 2.99. The van der Waals surface area contributed by atoms with E-state index >= 15 is 0 Å². The third-order valence-corrected chi connectivity index (χ3v) is 4.84. The summed E-state index contributed by atoms with van der Waals surface area (Å²) in [4.78, 5) is 10.0. The molecule has 0 atom stereocenters. The molecule has 2 heterocycles. The molecule has 0 amide bonds. The van der Waals surface area contributed by atoms with E-state index in [1.807, 2.05) is 26.1 Å². The number of nitrogens with one attached hydrogen (secondary N) is 1. The summed E-state index contributed by atoms with van der Waals surface area (Å²) in [6.45, 7) is 5.05. The van der Waals surface area contributed by atoms with Crippen molar-refractivity contribution in [2.45, 2.75) is 26.1 Å². The molecule has 20 heavy (non-hydrogen) atoms. The molecule has 108 valence electrons. The number of thioether (sulfide) groups is 1. The Morgan fingerprint density at radius 3 is 2.95 bits per heavy atom. The van der Waals surface area contributed by atoms with Crippen LogP contribution in [0.3, 0.4) is 0 Å². The molecule has 0 fully saturated rings. The number of aliphatic hydroxyl groups is 1. The highest BCUT2D eigenvalue weighted by Gasteiger charge is 2.05. The molecule has 0 radical (unpaired) electrons. The summed E-state index contributed by atoms with van der Waals surface area (Å²) < 4.78 is 0. The number of pyridine rings is 1. The van der Waals surface area contributed by atoms with Gasteiger partial charge in [-0.25, -0.2) is 9.97 Å².